The molecule has 1 unspecified atom stereocenters. The molecule has 0 bridgehead atoms. The lowest BCUT2D eigenvalue weighted by molar-refractivity contribution is 0.335. The quantitative estimate of drug-likeness (QED) is 0.914. The SMILES string of the molecule is Cc1cc(-c2noc(C(N)CC(C)C)n2)cc(C)n1. The summed E-state index contributed by atoms with van der Waals surface area (Å²) in [4.78, 5) is 8.72. The highest BCUT2D eigenvalue weighted by molar-refractivity contribution is 5.55. The van der Waals surface area contributed by atoms with Crippen LogP contribution in [0.2, 0.25) is 0 Å². The topological polar surface area (TPSA) is 77.8 Å². The van der Waals surface area contributed by atoms with E-state index in [9.17, 15) is 0 Å². The Morgan fingerprint density at radius 3 is 2.37 bits per heavy atom. The molecule has 0 aliphatic heterocycles. The molecule has 0 radical (unpaired) electrons. The number of pyridine rings is 1. The molecule has 2 aromatic heterocycles. The molecule has 5 heteroatoms. The Hall–Kier alpha value is -1.75. The van der Waals surface area contributed by atoms with E-state index < -0.39 is 0 Å². The Balaban J connectivity index is 2.25. The molecule has 0 saturated heterocycles. The van der Waals surface area contributed by atoms with Crippen molar-refractivity contribution in [1.29, 1.82) is 0 Å². The molecule has 0 fully saturated rings. The summed E-state index contributed by atoms with van der Waals surface area (Å²) in [6, 6.07) is 3.68. The Morgan fingerprint density at radius 2 is 1.79 bits per heavy atom. The Morgan fingerprint density at radius 1 is 1.16 bits per heavy atom. The predicted molar refractivity (Wildman–Crippen MR) is 73.4 cm³/mol. The van der Waals surface area contributed by atoms with Crippen LogP contribution in [0.5, 0.6) is 0 Å². The first kappa shape index (κ1) is 13.7. The Kier molecular flexibility index (Phi) is 3.95. The van der Waals surface area contributed by atoms with Crippen molar-refractivity contribution < 1.29 is 4.52 Å². The number of aromatic nitrogens is 3. The fourth-order valence-corrected chi connectivity index (χ4v) is 2.08. The van der Waals surface area contributed by atoms with Gasteiger partial charge in [0, 0.05) is 17.0 Å². The van der Waals surface area contributed by atoms with E-state index in [0.717, 1.165) is 23.4 Å². The lowest BCUT2D eigenvalue weighted by atomic mass is 10.0. The Bertz CT molecular complexity index is 542. The second kappa shape index (κ2) is 5.48. The van der Waals surface area contributed by atoms with Gasteiger partial charge >= 0.3 is 0 Å². The maximum Gasteiger partial charge on any atom is 0.243 e. The number of nitrogens with zero attached hydrogens (tertiary/aromatic N) is 3. The van der Waals surface area contributed by atoms with Crippen molar-refractivity contribution in [3.63, 3.8) is 0 Å². The van der Waals surface area contributed by atoms with Gasteiger partial charge in [-0.05, 0) is 38.3 Å². The lowest BCUT2D eigenvalue weighted by Gasteiger charge is -2.08. The summed E-state index contributed by atoms with van der Waals surface area (Å²) in [5.74, 6) is 1.56. The van der Waals surface area contributed by atoms with Crippen LogP contribution in [0.15, 0.2) is 16.7 Å². The van der Waals surface area contributed by atoms with Gasteiger partial charge in [0.1, 0.15) is 0 Å². The van der Waals surface area contributed by atoms with Crippen LogP contribution in [-0.2, 0) is 0 Å². The van der Waals surface area contributed by atoms with E-state index in [1.54, 1.807) is 0 Å². The molecule has 2 rings (SSSR count). The molecular weight excluding hydrogens is 240 g/mol. The summed E-state index contributed by atoms with van der Waals surface area (Å²) in [5, 5.41) is 4.00. The van der Waals surface area contributed by atoms with E-state index in [1.807, 2.05) is 26.0 Å². The molecule has 2 aromatic rings. The molecule has 1 atom stereocenters. The molecule has 0 aromatic carbocycles. The zero-order valence-corrected chi connectivity index (χ0v) is 11.8. The first-order valence-corrected chi connectivity index (χ1v) is 6.50. The van der Waals surface area contributed by atoms with Crippen molar-refractivity contribution >= 4 is 0 Å². The van der Waals surface area contributed by atoms with Gasteiger partial charge in [-0.2, -0.15) is 4.98 Å². The fourth-order valence-electron chi connectivity index (χ4n) is 2.08. The van der Waals surface area contributed by atoms with Gasteiger partial charge in [0.05, 0.1) is 6.04 Å². The van der Waals surface area contributed by atoms with Crippen LogP contribution in [0.1, 0.15) is 43.6 Å². The Labute approximate surface area is 113 Å². The van der Waals surface area contributed by atoms with Gasteiger partial charge in [-0.1, -0.05) is 19.0 Å². The number of aryl methyl sites for hydroxylation is 2. The van der Waals surface area contributed by atoms with Crippen LogP contribution in [0.25, 0.3) is 11.4 Å². The van der Waals surface area contributed by atoms with Crippen LogP contribution in [0.4, 0.5) is 0 Å². The lowest BCUT2D eigenvalue weighted by Crippen LogP contribution is -2.13. The summed E-state index contributed by atoms with van der Waals surface area (Å²) in [7, 11) is 0. The molecule has 2 N–H and O–H groups in total. The molecule has 5 nitrogen and oxygen atoms in total. The van der Waals surface area contributed by atoms with Crippen molar-refractivity contribution in [3.8, 4) is 11.4 Å². The zero-order valence-electron chi connectivity index (χ0n) is 11.8. The van der Waals surface area contributed by atoms with Crippen LogP contribution in [-0.4, -0.2) is 15.1 Å². The number of hydrogen-bond acceptors (Lipinski definition) is 5. The number of nitrogens with two attached hydrogens (primary N) is 1. The largest absolute Gasteiger partial charge is 0.337 e. The normalized spacial score (nSPS) is 12.9. The highest BCUT2D eigenvalue weighted by Crippen LogP contribution is 2.22. The first-order chi connectivity index (χ1) is 8.95. The summed E-state index contributed by atoms with van der Waals surface area (Å²) in [6.07, 6.45) is 0.829. The van der Waals surface area contributed by atoms with Crippen molar-refractivity contribution in [2.24, 2.45) is 11.7 Å². The molecule has 0 aliphatic carbocycles. The van der Waals surface area contributed by atoms with E-state index in [2.05, 4.69) is 29.0 Å². The average Bonchev–Trinajstić information content (AvgIpc) is 2.75. The third-order valence-corrected chi connectivity index (χ3v) is 2.82. The first-order valence-electron chi connectivity index (χ1n) is 6.50. The highest BCUT2D eigenvalue weighted by atomic mass is 16.5. The summed E-state index contributed by atoms with van der Waals surface area (Å²) in [5.41, 5.74) is 8.83. The average molecular weight is 260 g/mol. The molecular formula is C14H20N4O. The van der Waals surface area contributed by atoms with E-state index in [4.69, 9.17) is 10.3 Å². The fraction of sp³-hybridized carbons (Fsp3) is 0.500. The van der Waals surface area contributed by atoms with Gasteiger partial charge < -0.3 is 10.3 Å². The maximum atomic E-state index is 6.04. The number of hydrogen-bond donors (Lipinski definition) is 1. The summed E-state index contributed by atoms with van der Waals surface area (Å²) >= 11 is 0. The summed E-state index contributed by atoms with van der Waals surface area (Å²) < 4.78 is 5.25. The molecule has 0 saturated carbocycles. The molecule has 2 heterocycles. The minimum absolute atomic E-state index is 0.203. The predicted octanol–water partition coefficient (Wildman–Crippen LogP) is 2.79. The van der Waals surface area contributed by atoms with E-state index in [0.29, 0.717) is 17.6 Å². The smallest absolute Gasteiger partial charge is 0.243 e. The van der Waals surface area contributed by atoms with Gasteiger partial charge in [0.15, 0.2) is 0 Å². The van der Waals surface area contributed by atoms with E-state index in [1.165, 1.54) is 0 Å². The van der Waals surface area contributed by atoms with Crippen molar-refractivity contribution in [3.05, 3.63) is 29.4 Å². The third-order valence-electron chi connectivity index (χ3n) is 2.82. The van der Waals surface area contributed by atoms with Crippen LogP contribution >= 0.6 is 0 Å². The summed E-state index contributed by atoms with van der Waals surface area (Å²) in [6.45, 7) is 8.13. The van der Waals surface area contributed by atoms with Crippen molar-refractivity contribution in [1.82, 2.24) is 15.1 Å². The molecule has 0 amide bonds. The maximum absolute atomic E-state index is 6.04. The molecule has 102 valence electrons. The monoisotopic (exact) mass is 260 g/mol. The van der Waals surface area contributed by atoms with Crippen LogP contribution in [0, 0.1) is 19.8 Å². The van der Waals surface area contributed by atoms with Gasteiger partial charge in [-0.25, -0.2) is 0 Å². The third kappa shape index (κ3) is 3.38. The molecule has 0 aliphatic rings. The minimum atomic E-state index is -0.203. The van der Waals surface area contributed by atoms with Crippen LogP contribution in [0.3, 0.4) is 0 Å². The van der Waals surface area contributed by atoms with Gasteiger partial charge in [0.25, 0.3) is 0 Å². The minimum Gasteiger partial charge on any atom is -0.337 e. The second-order valence-electron chi connectivity index (χ2n) is 5.33. The van der Waals surface area contributed by atoms with Gasteiger partial charge in [-0.3, -0.25) is 4.98 Å². The van der Waals surface area contributed by atoms with Gasteiger partial charge in [0.2, 0.25) is 11.7 Å². The van der Waals surface area contributed by atoms with E-state index >= 15 is 0 Å². The van der Waals surface area contributed by atoms with E-state index in [-0.39, 0.29) is 6.04 Å². The number of rotatable bonds is 4. The molecule has 0 spiro atoms. The molecule has 19 heavy (non-hydrogen) atoms. The van der Waals surface area contributed by atoms with Crippen molar-refractivity contribution in [2.75, 3.05) is 0 Å². The van der Waals surface area contributed by atoms with Crippen LogP contribution < -0.4 is 5.73 Å². The standard InChI is InChI=1S/C14H20N4O/c1-8(2)5-12(15)14-17-13(18-19-14)11-6-9(3)16-10(4)7-11/h6-8,12H,5,15H2,1-4H3. The van der Waals surface area contributed by atoms with Gasteiger partial charge in [-0.15, -0.1) is 0 Å². The highest BCUT2D eigenvalue weighted by Gasteiger charge is 2.17. The second-order valence-corrected chi connectivity index (χ2v) is 5.33. The zero-order chi connectivity index (χ0) is 14.0. The van der Waals surface area contributed by atoms with Crippen molar-refractivity contribution in [2.45, 2.75) is 40.2 Å².